The number of benzene rings is 3. The molecule has 7 nitrogen and oxygen atoms in total. The minimum atomic E-state index is -0.968. The van der Waals surface area contributed by atoms with E-state index < -0.39 is 12.0 Å². The van der Waals surface area contributed by atoms with Crippen molar-refractivity contribution < 1.29 is 19.5 Å². The number of nitrogens with one attached hydrogen (secondary N) is 2. The summed E-state index contributed by atoms with van der Waals surface area (Å²) in [5.74, 6) is -1.20. The number of carbonyl (C=O) groups is 3. The molecule has 0 bridgehead atoms. The molecule has 35 heavy (non-hydrogen) atoms. The number of amides is 3. The summed E-state index contributed by atoms with van der Waals surface area (Å²) in [5, 5.41) is 14.8. The van der Waals surface area contributed by atoms with Gasteiger partial charge < -0.3 is 20.6 Å². The molecule has 3 N–H and O–H groups in total. The van der Waals surface area contributed by atoms with Crippen LogP contribution in [0.3, 0.4) is 0 Å². The highest BCUT2D eigenvalue weighted by Gasteiger charge is 2.34. The van der Waals surface area contributed by atoms with Gasteiger partial charge in [0, 0.05) is 17.9 Å². The van der Waals surface area contributed by atoms with E-state index in [1.165, 1.54) is 0 Å². The third-order valence-electron chi connectivity index (χ3n) is 6.06. The smallest absolute Gasteiger partial charge is 0.335 e. The van der Waals surface area contributed by atoms with Crippen LogP contribution in [0.25, 0.3) is 16.7 Å². The minimum Gasteiger partial charge on any atom is -0.478 e. The maximum absolute atomic E-state index is 13.0. The molecule has 0 spiro atoms. The van der Waals surface area contributed by atoms with Crippen molar-refractivity contribution in [1.29, 1.82) is 0 Å². The maximum atomic E-state index is 13.0. The summed E-state index contributed by atoms with van der Waals surface area (Å²) in [4.78, 5) is 38.4. The Kier molecular flexibility index (Phi) is 6.96. The number of rotatable bonds is 6. The van der Waals surface area contributed by atoms with Gasteiger partial charge in [-0.3, -0.25) is 4.79 Å². The van der Waals surface area contributed by atoms with E-state index in [1.54, 1.807) is 41.3 Å². The van der Waals surface area contributed by atoms with Crippen LogP contribution >= 0.6 is 0 Å². The van der Waals surface area contributed by atoms with E-state index in [9.17, 15) is 14.4 Å². The van der Waals surface area contributed by atoms with Gasteiger partial charge in [-0.1, -0.05) is 48.6 Å². The Bertz CT molecular complexity index is 1250. The van der Waals surface area contributed by atoms with Crippen molar-refractivity contribution in [3.63, 3.8) is 0 Å². The van der Waals surface area contributed by atoms with E-state index in [2.05, 4.69) is 17.2 Å². The molecule has 1 atom stereocenters. The summed E-state index contributed by atoms with van der Waals surface area (Å²) in [6.45, 7) is 6.35. The quantitative estimate of drug-likeness (QED) is 0.430. The standard InChI is InChI=1S/C28H27N3O4/c1-18(2)19-9-13-24(14-10-19)30-28(35)31-17-3-4-25(31)26(32)29-23-15-11-21(12-16-23)20-5-7-22(8-6-20)27(33)34/h5-16,25H,1,3-4,17H2,2H3,(H,29,32)(H,30,35)(H,33,34). The van der Waals surface area contributed by atoms with E-state index in [-0.39, 0.29) is 17.5 Å². The fourth-order valence-electron chi connectivity index (χ4n) is 4.09. The third-order valence-corrected chi connectivity index (χ3v) is 6.06. The molecule has 3 aromatic rings. The molecule has 0 aromatic heterocycles. The van der Waals surface area contributed by atoms with E-state index >= 15 is 0 Å². The molecule has 3 amide bonds. The average Bonchev–Trinajstić information content (AvgIpc) is 3.35. The number of carboxylic acid groups (broad SMARTS) is 1. The summed E-state index contributed by atoms with van der Waals surface area (Å²) in [6, 6.07) is 20.5. The first-order valence-electron chi connectivity index (χ1n) is 11.4. The number of carbonyl (C=O) groups excluding carboxylic acids is 2. The van der Waals surface area contributed by atoms with Crippen LogP contribution in [-0.4, -0.2) is 40.5 Å². The van der Waals surface area contributed by atoms with Crippen molar-refractivity contribution in [3.8, 4) is 11.1 Å². The molecule has 0 aliphatic carbocycles. The predicted octanol–water partition coefficient (Wildman–Crippen LogP) is 5.72. The van der Waals surface area contributed by atoms with Gasteiger partial charge in [0.2, 0.25) is 5.91 Å². The van der Waals surface area contributed by atoms with Gasteiger partial charge in [-0.05, 0) is 72.9 Å². The number of aromatic carboxylic acids is 1. The fourth-order valence-corrected chi connectivity index (χ4v) is 4.09. The summed E-state index contributed by atoms with van der Waals surface area (Å²) in [5.41, 5.74) is 5.25. The van der Waals surface area contributed by atoms with Gasteiger partial charge >= 0.3 is 12.0 Å². The second-order valence-electron chi connectivity index (χ2n) is 8.59. The topological polar surface area (TPSA) is 98.7 Å². The van der Waals surface area contributed by atoms with E-state index in [4.69, 9.17) is 5.11 Å². The summed E-state index contributed by atoms with van der Waals surface area (Å²) < 4.78 is 0. The number of hydrogen-bond acceptors (Lipinski definition) is 3. The Labute approximate surface area is 204 Å². The lowest BCUT2D eigenvalue weighted by molar-refractivity contribution is -0.119. The molecular weight excluding hydrogens is 442 g/mol. The van der Waals surface area contributed by atoms with Crippen LogP contribution < -0.4 is 10.6 Å². The molecule has 1 unspecified atom stereocenters. The van der Waals surface area contributed by atoms with Crippen LogP contribution in [0, 0.1) is 0 Å². The van der Waals surface area contributed by atoms with Crippen molar-refractivity contribution in [1.82, 2.24) is 4.90 Å². The first-order chi connectivity index (χ1) is 16.8. The SMILES string of the molecule is C=C(C)c1ccc(NC(=O)N2CCCC2C(=O)Nc2ccc(-c3ccc(C(=O)O)cc3)cc2)cc1. The average molecular weight is 470 g/mol. The lowest BCUT2D eigenvalue weighted by Gasteiger charge is -2.24. The molecular formula is C28H27N3O4. The van der Waals surface area contributed by atoms with E-state index in [0.29, 0.717) is 24.3 Å². The van der Waals surface area contributed by atoms with Crippen LogP contribution in [-0.2, 0) is 4.79 Å². The van der Waals surface area contributed by atoms with Crippen molar-refractivity contribution in [3.05, 3.63) is 90.5 Å². The van der Waals surface area contributed by atoms with Gasteiger partial charge in [0.05, 0.1) is 5.56 Å². The maximum Gasteiger partial charge on any atom is 0.335 e. The predicted molar refractivity (Wildman–Crippen MR) is 137 cm³/mol. The molecule has 178 valence electrons. The van der Waals surface area contributed by atoms with Crippen LogP contribution in [0.15, 0.2) is 79.4 Å². The molecule has 1 heterocycles. The van der Waals surface area contributed by atoms with Gasteiger partial charge in [0.15, 0.2) is 0 Å². The van der Waals surface area contributed by atoms with E-state index in [1.807, 2.05) is 43.3 Å². The summed E-state index contributed by atoms with van der Waals surface area (Å²) in [7, 11) is 0. The van der Waals surface area contributed by atoms with Crippen LogP contribution in [0.2, 0.25) is 0 Å². The fraction of sp³-hybridized carbons (Fsp3) is 0.179. The van der Waals surface area contributed by atoms with Crippen molar-refractivity contribution in [2.45, 2.75) is 25.8 Å². The zero-order valence-electron chi connectivity index (χ0n) is 19.5. The number of allylic oxidation sites excluding steroid dienone is 1. The zero-order valence-corrected chi connectivity index (χ0v) is 19.5. The Morgan fingerprint density at radius 1 is 0.829 bits per heavy atom. The highest BCUT2D eigenvalue weighted by Crippen LogP contribution is 2.24. The van der Waals surface area contributed by atoms with Crippen molar-refractivity contribution >= 4 is 34.9 Å². The van der Waals surface area contributed by atoms with Crippen LogP contribution in [0.5, 0.6) is 0 Å². The molecule has 0 radical (unpaired) electrons. The number of nitrogens with zero attached hydrogens (tertiary/aromatic N) is 1. The lowest BCUT2D eigenvalue weighted by Crippen LogP contribution is -2.45. The molecule has 4 rings (SSSR count). The Hall–Kier alpha value is -4.39. The Morgan fingerprint density at radius 2 is 1.34 bits per heavy atom. The second-order valence-corrected chi connectivity index (χ2v) is 8.59. The van der Waals surface area contributed by atoms with Gasteiger partial charge in [-0.25, -0.2) is 9.59 Å². The number of carboxylic acids is 1. The van der Waals surface area contributed by atoms with Gasteiger partial charge in [0.1, 0.15) is 6.04 Å². The largest absolute Gasteiger partial charge is 0.478 e. The highest BCUT2D eigenvalue weighted by atomic mass is 16.4. The second kappa shape index (κ2) is 10.3. The molecule has 1 saturated heterocycles. The third kappa shape index (κ3) is 5.58. The number of hydrogen-bond donors (Lipinski definition) is 3. The molecule has 1 aliphatic rings. The number of likely N-dealkylation sites (tertiary alicyclic amines) is 1. The Morgan fingerprint density at radius 3 is 1.91 bits per heavy atom. The first-order valence-corrected chi connectivity index (χ1v) is 11.4. The minimum absolute atomic E-state index is 0.228. The molecule has 0 saturated carbocycles. The Balaban J connectivity index is 1.38. The molecule has 1 fully saturated rings. The summed E-state index contributed by atoms with van der Waals surface area (Å²) in [6.07, 6.45) is 1.35. The highest BCUT2D eigenvalue weighted by molar-refractivity contribution is 5.99. The van der Waals surface area contributed by atoms with Gasteiger partial charge in [0.25, 0.3) is 0 Å². The normalized spacial score (nSPS) is 14.9. The van der Waals surface area contributed by atoms with Gasteiger partial charge in [-0.15, -0.1) is 0 Å². The first kappa shape index (κ1) is 23.8. The lowest BCUT2D eigenvalue weighted by atomic mass is 10.0. The van der Waals surface area contributed by atoms with Crippen LogP contribution in [0.1, 0.15) is 35.7 Å². The van der Waals surface area contributed by atoms with Gasteiger partial charge in [-0.2, -0.15) is 0 Å². The summed E-state index contributed by atoms with van der Waals surface area (Å²) >= 11 is 0. The molecule has 3 aromatic carbocycles. The number of anilines is 2. The van der Waals surface area contributed by atoms with Crippen molar-refractivity contribution in [2.24, 2.45) is 0 Å². The monoisotopic (exact) mass is 469 g/mol. The van der Waals surface area contributed by atoms with Crippen LogP contribution in [0.4, 0.5) is 16.2 Å². The van der Waals surface area contributed by atoms with E-state index in [0.717, 1.165) is 28.7 Å². The zero-order chi connectivity index (χ0) is 24.9. The van der Waals surface area contributed by atoms with Crippen molar-refractivity contribution in [2.75, 3.05) is 17.2 Å². The molecule has 7 heteroatoms. The molecule has 1 aliphatic heterocycles. The number of urea groups is 1.